The SMILES string of the molecule is CC(C)(C)OC(=O)N1CCCC1Cn1c(=N)[nH]c2cc(CN[C@@H](CC(=O)OCc3ccccc3)C(C)(C)C)ccc21. The average molecular weight is 564 g/mol. The van der Waals surface area contributed by atoms with E-state index in [1.807, 2.05) is 73.9 Å². The van der Waals surface area contributed by atoms with Crippen LogP contribution >= 0.6 is 0 Å². The molecular formula is C32H45N5O4. The molecule has 9 nitrogen and oxygen atoms in total. The first kappa shape index (κ1) is 30.4. The highest BCUT2D eigenvalue weighted by atomic mass is 16.6. The molecule has 1 fully saturated rings. The van der Waals surface area contributed by atoms with E-state index in [2.05, 4.69) is 31.1 Å². The van der Waals surface area contributed by atoms with E-state index in [9.17, 15) is 9.59 Å². The standard InChI is InChI=1S/C32H45N5O4/c1-31(2,3)27(18-28(38)40-21-22-11-8-7-9-12-22)34-19-23-14-15-26-25(17-23)35-29(33)37(26)20-24-13-10-16-36(24)30(39)41-32(4,5)6/h7-9,11-12,14-15,17,24,27,34H,10,13,16,18-21H2,1-6H3,(H2,33,35)/t24?,27-/m0/s1. The van der Waals surface area contributed by atoms with Crippen LogP contribution in [-0.4, -0.2) is 50.7 Å². The Morgan fingerprint density at radius 1 is 1.07 bits per heavy atom. The van der Waals surface area contributed by atoms with Gasteiger partial charge in [0.15, 0.2) is 5.62 Å². The molecule has 1 amide bonds. The van der Waals surface area contributed by atoms with E-state index in [0.717, 1.165) is 35.0 Å². The molecule has 1 aromatic heterocycles. The van der Waals surface area contributed by atoms with Crippen molar-refractivity contribution in [3.05, 3.63) is 65.3 Å². The lowest BCUT2D eigenvalue weighted by Gasteiger charge is -2.31. The van der Waals surface area contributed by atoms with E-state index in [0.29, 0.717) is 25.3 Å². The molecule has 0 spiro atoms. The highest BCUT2D eigenvalue weighted by molar-refractivity contribution is 5.76. The van der Waals surface area contributed by atoms with Crippen LogP contribution in [0.2, 0.25) is 0 Å². The summed E-state index contributed by atoms with van der Waals surface area (Å²) in [6, 6.07) is 15.7. The Bertz CT molecular complexity index is 1400. The number of rotatable bonds is 9. The van der Waals surface area contributed by atoms with Gasteiger partial charge in [-0.3, -0.25) is 10.2 Å². The quantitative estimate of drug-likeness (QED) is 0.298. The van der Waals surface area contributed by atoms with E-state index in [4.69, 9.17) is 14.9 Å². The summed E-state index contributed by atoms with van der Waals surface area (Å²) in [5.41, 5.74) is 3.41. The Morgan fingerprint density at radius 3 is 2.49 bits per heavy atom. The van der Waals surface area contributed by atoms with Crippen molar-refractivity contribution in [2.24, 2.45) is 5.41 Å². The largest absolute Gasteiger partial charge is 0.461 e. The number of carbonyl (C=O) groups is 2. The number of H-pyrrole nitrogens is 1. The molecule has 1 saturated heterocycles. The predicted octanol–water partition coefficient (Wildman–Crippen LogP) is 5.49. The zero-order valence-electron chi connectivity index (χ0n) is 25.3. The molecular weight excluding hydrogens is 518 g/mol. The van der Waals surface area contributed by atoms with E-state index >= 15 is 0 Å². The molecule has 1 unspecified atom stereocenters. The molecule has 0 bridgehead atoms. The molecule has 2 aromatic carbocycles. The monoisotopic (exact) mass is 563 g/mol. The zero-order valence-corrected chi connectivity index (χ0v) is 25.3. The van der Waals surface area contributed by atoms with Gasteiger partial charge in [0.1, 0.15) is 12.2 Å². The van der Waals surface area contributed by atoms with E-state index < -0.39 is 5.60 Å². The molecule has 0 saturated carbocycles. The number of esters is 1. The molecule has 2 atom stereocenters. The molecule has 1 aliphatic heterocycles. The molecule has 1 aliphatic rings. The summed E-state index contributed by atoms with van der Waals surface area (Å²) in [6.45, 7) is 14.0. The minimum atomic E-state index is -0.544. The van der Waals surface area contributed by atoms with Crippen LogP contribution in [0.3, 0.4) is 0 Å². The molecule has 222 valence electrons. The number of nitrogens with zero attached hydrogens (tertiary/aromatic N) is 2. The number of nitrogens with one attached hydrogen (secondary N) is 3. The molecule has 3 N–H and O–H groups in total. The fraction of sp³-hybridized carbons (Fsp3) is 0.531. The third-order valence-corrected chi connectivity index (χ3v) is 7.48. The zero-order chi connectivity index (χ0) is 29.8. The fourth-order valence-corrected chi connectivity index (χ4v) is 5.22. The normalized spacial score (nSPS) is 16.6. The number of hydrogen-bond donors (Lipinski definition) is 3. The van der Waals surface area contributed by atoms with Gasteiger partial charge in [0, 0.05) is 25.7 Å². The second-order valence-corrected chi connectivity index (χ2v) is 13.1. The molecule has 9 heteroatoms. The number of likely N-dealkylation sites (tertiary alicyclic amines) is 1. The predicted molar refractivity (Wildman–Crippen MR) is 159 cm³/mol. The average Bonchev–Trinajstić information content (AvgIpc) is 3.48. The summed E-state index contributed by atoms with van der Waals surface area (Å²) >= 11 is 0. The summed E-state index contributed by atoms with van der Waals surface area (Å²) < 4.78 is 13.1. The molecule has 4 rings (SSSR count). The van der Waals surface area contributed by atoms with Crippen molar-refractivity contribution in [3.63, 3.8) is 0 Å². The Kier molecular flexibility index (Phi) is 9.27. The number of aromatic nitrogens is 2. The van der Waals surface area contributed by atoms with E-state index in [1.165, 1.54) is 0 Å². The van der Waals surface area contributed by atoms with Crippen LogP contribution in [0, 0.1) is 10.8 Å². The van der Waals surface area contributed by atoms with Crippen molar-refractivity contribution in [3.8, 4) is 0 Å². The smallest absolute Gasteiger partial charge is 0.410 e. The van der Waals surface area contributed by atoms with Gasteiger partial charge in [-0.2, -0.15) is 0 Å². The first-order valence-corrected chi connectivity index (χ1v) is 14.5. The lowest BCUT2D eigenvalue weighted by molar-refractivity contribution is -0.146. The summed E-state index contributed by atoms with van der Waals surface area (Å²) in [7, 11) is 0. The Hall–Kier alpha value is -3.59. The number of fused-ring (bicyclic) bond motifs is 1. The van der Waals surface area contributed by atoms with Crippen molar-refractivity contribution >= 4 is 23.1 Å². The van der Waals surface area contributed by atoms with Gasteiger partial charge in [0.05, 0.1) is 23.5 Å². The summed E-state index contributed by atoms with van der Waals surface area (Å²) in [5.74, 6) is -0.228. The second-order valence-electron chi connectivity index (χ2n) is 13.1. The highest BCUT2D eigenvalue weighted by Gasteiger charge is 2.33. The lowest BCUT2D eigenvalue weighted by Crippen LogP contribution is -2.42. The van der Waals surface area contributed by atoms with Crippen LogP contribution in [0.5, 0.6) is 0 Å². The summed E-state index contributed by atoms with van der Waals surface area (Å²) in [5, 5.41) is 12.1. The van der Waals surface area contributed by atoms with Gasteiger partial charge in [0.25, 0.3) is 0 Å². The maximum Gasteiger partial charge on any atom is 0.410 e. The van der Waals surface area contributed by atoms with Crippen LogP contribution in [0.25, 0.3) is 11.0 Å². The maximum absolute atomic E-state index is 12.8. The highest BCUT2D eigenvalue weighted by Crippen LogP contribution is 2.25. The van der Waals surface area contributed by atoms with Gasteiger partial charge < -0.3 is 29.2 Å². The number of amides is 1. The van der Waals surface area contributed by atoms with Crippen molar-refractivity contribution in [2.75, 3.05) is 6.54 Å². The van der Waals surface area contributed by atoms with Crippen molar-refractivity contribution in [2.45, 2.75) is 98.2 Å². The number of hydrogen-bond acceptors (Lipinski definition) is 6. The van der Waals surface area contributed by atoms with Gasteiger partial charge in [-0.05, 0) is 62.3 Å². The Morgan fingerprint density at radius 2 is 1.80 bits per heavy atom. The summed E-state index contributed by atoms with van der Waals surface area (Å²) in [4.78, 5) is 30.4. The van der Waals surface area contributed by atoms with Crippen LogP contribution in [0.15, 0.2) is 48.5 Å². The third kappa shape index (κ3) is 8.22. The molecule has 2 heterocycles. The fourth-order valence-electron chi connectivity index (χ4n) is 5.22. The second kappa shape index (κ2) is 12.5. The van der Waals surface area contributed by atoms with Crippen molar-refractivity contribution in [1.29, 1.82) is 5.41 Å². The Balaban J connectivity index is 1.40. The number of carbonyl (C=O) groups excluding carboxylic acids is 2. The van der Waals surface area contributed by atoms with Crippen LogP contribution in [0.4, 0.5) is 4.79 Å². The van der Waals surface area contributed by atoms with Gasteiger partial charge in [-0.15, -0.1) is 0 Å². The van der Waals surface area contributed by atoms with Crippen molar-refractivity contribution < 1.29 is 19.1 Å². The first-order chi connectivity index (χ1) is 19.3. The first-order valence-electron chi connectivity index (χ1n) is 14.5. The van der Waals surface area contributed by atoms with Crippen LogP contribution in [0.1, 0.15) is 71.9 Å². The lowest BCUT2D eigenvalue weighted by atomic mass is 9.84. The number of imidazole rings is 1. The molecule has 41 heavy (non-hydrogen) atoms. The van der Waals surface area contributed by atoms with Gasteiger partial charge in [0.2, 0.25) is 0 Å². The van der Waals surface area contributed by atoms with Crippen molar-refractivity contribution in [1.82, 2.24) is 19.8 Å². The van der Waals surface area contributed by atoms with Gasteiger partial charge in [-0.25, -0.2) is 4.79 Å². The Labute approximate surface area is 242 Å². The molecule has 3 aromatic rings. The third-order valence-electron chi connectivity index (χ3n) is 7.48. The molecule has 0 radical (unpaired) electrons. The molecule has 0 aliphatic carbocycles. The number of benzene rings is 2. The topological polar surface area (TPSA) is 112 Å². The van der Waals surface area contributed by atoms with E-state index in [1.54, 1.807) is 4.90 Å². The minimum absolute atomic E-state index is 0.0199. The summed E-state index contributed by atoms with van der Waals surface area (Å²) in [6.07, 6.45) is 1.78. The van der Waals surface area contributed by atoms with Crippen LogP contribution < -0.4 is 10.9 Å². The number of aromatic amines is 1. The minimum Gasteiger partial charge on any atom is -0.461 e. The number of ether oxygens (including phenoxy) is 2. The maximum atomic E-state index is 12.8. The van der Waals surface area contributed by atoms with Crippen LogP contribution in [-0.2, 0) is 34.0 Å². The van der Waals surface area contributed by atoms with Gasteiger partial charge in [-0.1, -0.05) is 57.2 Å². The van der Waals surface area contributed by atoms with E-state index in [-0.39, 0.29) is 42.6 Å². The van der Waals surface area contributed by atoms with Gasteiger partial charge >= 0.3 is 12.1 Å².